The SMILES string of the molecule is CCOc1ccc(Nc2nc(C(=O)Nc3cccc(Br)c3)cs2)cc1. The molecule has 0 unspecified atom stereocenters. The average molecular weight is 418 g/mol. The van der Waals surface area contributed by atoms with E-state index < -0.39 is 0 Å². The van der Waals surface area contributed by atoms with Crippen LogP contribution in [0.25, 0.3) is 0 Å². The lowest BCUT2D eigenvalue weighted by atomic mass is 10.3. The number of thiazole rings is 1. The lowest BCUT2D eigenvalue weighted by molar-refractivity contribution is 0.102. The van der Waals surface area contributed by atoms with Gasteiger partial charge in [0.25, 0.3) is 5.91 Å². The molecule has 1 aromatic heterocycles. The normalized spacial score (nSPS) is 10.3. The fourth-order valence-corrected chi connectivity index (χ4v) is 3.23. The maximum atomic E-state index is 12.3. The first-order chi connectivity index (χ1) is 12.1. The molecule has 0 saturated heterocycles. The minimum Gasteiger partial charge on any atom is -0.494 e. The molecule has 0 atom stereocenters. The van der Waals surface area contributed by atoms with Crippen LogP contribution in [0.1, 0.15) is 17.4 Å². The quantitative estimate of drug-likeness (QED) is 0.570. The number of carbonyl (C=O) groups excluding carboxylic acids is 1. The van der Waals surface area contributed by atoms with E-state index in [2.05, 4.69) is 31.5 Å². The number of rotatable bonds is 6. The van der Waals surface area contributed by atoms with E-state index >= 15 is 0 Å². The standard InChI is InChI=1S/C18H16BrN3O2S/c1-2-24-15-8-6-13(7-9-15)21-18-22-16(11-25-18)17(23)20-14-5-3-4-12(19)10-14/h3-11H,2H2,1H3,(H,20,23)(H,21,22). The van der Waals surface area contributed by atoms with Crippen LogP contribution in [0.5, 0.6) is 5.75 Å². The van der Waals surface area contributed by atoms with Gasteiger partial charge in [0.2, 0.25) is 0 Å². The molecule has 0 bridgehead atoms. The Labute approximate surface area is 158 Å². The summed E-state index contributed by atoms with van der Waals surface area (Å²) in [4.78, 5) is 16.6. The highest BCUT2D eigenvalue weighted by Gasteiger charge is 2.11. The lowest BCUT2D eigenvalue weighted by Crippen LogP contribution is -2.12. The van der Waals surface area contributed by atoms with Crippen molar-refractivity contribution in [3.8, 4) is 5.75 Å². The van der Waals surface area contributed by atoms with Crippen molar-refractivity contribution in [2.75, 3.05) is 17.2 Å². The zero-order chi connectivity index (χ0) is 17.6. The largest absolute Gasteiger partial charge is 0.494 e. The van der Waals surface area contributed by atoms with Gasteiger partial charge in [-0.25, -0.2) is 4.98 Å². The van der Waals surface area contributed by atoms with Crippen molar-refractivity contribution in [1.29, 1.82) is 0 Å². The molecule has 3 aromatic rings. The Morgan fingerprint density at radius 1 is 1.20 bits per heavy atom. The number of carbonyl (C=O) groups is 1. The van der Waals surface area contributed by atoms with Crippen molar-refractivity contribution in [3.05, 3.63) is 64.1 Å². The van der Waals surface area contributed by atoms with Gasteiger partial charge in [0, 0.05) is 21.2 Å². The molecule has 2 aromatic carbocycles. The smallest absolute Gasteiger partial charge is 0.275 e. The van der Waals surface area contributed by atoms with Gasteiger partial charge in [-0.05, 0) is 49.4 Å². The van der Waals surface area contributed by atoms with E-state index in [9.17, 15) is 4.79 Å². The fourth-order valence-electron chi connectivity index (χ4n) is 2.12. The van der Waals surface area contributed by atoms with Gasteiger partial charge in [0.1, 0.15) is 11.4 Å². The van der Waals surface area contributed by atoms with Crippen LogP contribution in [0.2, 0.25) is 0 Å². The van der Waals surface area contributed by atoms with E-state index in [0.29, 0.717) is 23.1 Å². The predicted molar refractivity (Wildman–Crippen MR) is 105 cm³/mol. The summed E-state index contributed by atoms with van der Waals surface area (Å²) in [6.45, 7) is 2.58. The maximum absolute atomic E-state index is 12.3. The van der Waals surface area contributed by atoms with Crippen molar-refractivity contribution < 1.29 is 9.53 Å². The molecule has 0 aliphatic rings. The lowest BCUT2D eigenvalue weighted by Gasteiger charge is -2.05. The second kappa shape index (κ2) is 8.13. The van der Waals surface area contributed by atoms with Crippen LogP contribution < -0.4 is 15.4 Å². The van der Waals surface area contributed by atoms with Crippen molar-refractivity contribution >= 4 is 49.7 Å². The summed E-state index contributed by atoms with van der Waals surface area (Å²) in [7, 11) is 0. The molecule has 25 heavy (non-hydrogen) atoms. The zero-order valence-corrected chi connectivity index (χ0v) is 15.9. The predicted octanol–water partition coefficient (Wildman–Crippen LogP) is 5.30. The van der Waals surface area contributed by atoms with Crippen LogP contribution in [-0.2, 0) is 0 Å². The Kier molecular flexibility index (Phi) is 5.67. The summed E-state index contributed by atoms with van der Waals surface area (Å²) in [5.74, 6) is 0.579. The highest BCUT2D eigenvalue weighted by atomic mass is 79.9. The van der Waals surface area contributed by atoms with Gasteiger partial charge in [-0.2, -0.15) is 0 Å². The second-order valence-electron chi connectivity index (χ2n) is 5.08. The van der Waals surface area contributed by atoms with Crippen molar-refractivity contribution in [1.82, 2.24) is 4.98 Å². The molecule has 128 valence electrons. The number of halogens is 1. The third kappa shape index (κ3) is 4.80. The monoisotopic (exact) mass is 417 g/mol. The van der Waals surface area contributed by atoms with Gasteiger partial charge < -0.3 is 15.4 Å². The molecule has 0 aliphatic heterocycles. The first kappa shape index (κ1) is 17.4. The first-order valence-electron chi connectivity index (χ1n) is 7.66. The minimum absolute atomic E-state index is 0.242. The van der Waals surface area contributed by atoms with Gasteiger partial charge in [0.05, 0.1) is 6.61 Å². The number of amides is 1. The van der Waals surface area contributed by atoms with Crippen LogP contribution >= 0.6 is 27.3 Å². The summed E-state index contributed by atoms with van der Waals surface area (Å²) in [5.41, 5.74) is 1.98. The van der Waals surface area contributed by atoms with E-state index in [1.54, 1.807) is 5.38 Å². The van der Waals surface area contributed by atoms with E-state index in [0.717, 1.165) is 15.9 Å². The molecule has 5 nitrogen and oxygen atoms in total. The number of benzene rings is 2. The van der Waals surface area contributed by atoms with Gasteiger partial charge >= 0.3 is 0 Å². The Balaban J connectivity index is 1.64. The number of aromatic nitrogens is 1. The summed E-state index contributed by atoms with van der Waals surface area (Å²) in [5, 5.41) is 8.40. The molecule has 0 aliphatic carbocycles. The molecule has 0 spiro atoms. The molecule has 3 rings (SSSR count). The van der Waals surface area contributed by atoms with Crippen molar-refractivity contribution in [3.63, 3.8) is 0 Å². The summed E-state index contributed by atoms with van der Waals surface area (Å²) in [6, 6.07) is 15.0. The number of nitrogens with one attached hydrogen (secondary N) is 2. The highest BCUT2D eigenvalue weighted by Crippen LogP contribution is 2.24. The second-order valence-corrected chi connectivity index (χ2v) is 6.86. The van der Waals surface area contributed by atoms with E-state index in [4.69, 9.17) is 4.74 Å². The maximum Gasteiger partial charge on any atom is 0.275 e. The van der Waals surface area contributed by atoms with Crippen LogP contribution in [-0.4, -0.2) is 17.5 Å². The topological polar surface area (TPSA) is 63.2 Å². The van der Waals surface area contributed by atoms with Crippen molar-refractivity contribution in [2.24, 2.45) is 0 Å². The zero-order valence-electron chi connectivity index (χ0n) is 13.5. The Morgan fingerprint density at radius 3 is 2.72 bits per heavy atom. The van der Waals surface area contributed by atoms with Crippen molar-refractivity contribution in [2.45, 2.75) is 6.92 Å². The van der Waals surface area contributed by atoms with Crippen LogP contribution in [0.3, 0.4) is 0 Å². The van der Waals surface area contributed by atoms with E-state index in [-0.39, 0.29) is 5.91 Å². The Bertz CT molecular complexity index is 865. The first-order valence-corrected chi connectivity index (χ1v) is 9.33. The molecule has 0 fully saturated rings. The molecule has 1 heterocycles. The molecular weight excluding hydrogens is 402 g/mol. The number of ether oxygens (including phenoxy) is 1. The molecule has 7 heteroatoms. The molecular formula is C18H16BrN3O2S. The van der Waals surface area contributed by atoms with Gasteiger partial charge in [-0.15, -0.1) is 11.3 Å². The van der Waals surface area contributed by atoms with Crippen LogP contribution in [0.15, 0.2) is 58.4 Å². The summed E-state index contributed by atoms with van der Waals surface area (Å²) < 4.78 is 6.32. The Hall–Kier alpha value is -2.38. The number of nitrogens with zero attached hydrogens (tertiary/aromatic N) is 1. The molecule has 0 saturated carbocycles. The van der Waals surface area contributed by atoms with E-state index in [1.165, 1.54) is 11.3 Å². The number of hydrogen-bond donors (Lipinski definition) is 2. The van der Waals surface area contributed by atoms with Gasteiger partial charge in [-0.3, -0.25) is 4.79 Å². The minimum atomic E-state index is -0.242. The molecule has 1 amide bonds. The van der Waals surface area contributed by atoms with Gasteiger partial charge in [-0.1, -0.05) is 22.0 Å². The fraction of sp³-hybridized carbons (Fsp3) is 0.111. The highest BCUT2D eigenvalue weighted by molar-refractivity contribution is 9.10. The number of hydrogen-bond acceptors (Lipinski definition) is 5. The summed E-state index contributed by atoms with van der Waals surface area (Å²) >= 11 is 4.76. The number of anilines is 3. The third-order valence-corrected chi connectivity index (χ3v) is 4.49. The average Bonchev–Trinajstić information content (AvgIpc) is 3.06. The molecule has 0 radical (unpaired) electrons. The van der Waals surface area contributed by atoms with E-state index in [1.807, 2.05) is 55.5 Å². The van der Waals surface area contributed by atoms with Crippen LogP contribution in [0.4, 0.5) is 16.5 Å². The summed E-state index contributed by atoms with van der Waals surface area (Å²) in [6.07, 6.45) is 0. The molecule has 2 N–H and O–H groups in total. The third-order valence-electron chi connectivity index (χ3n) is 3.24. The Morgan fingerprint density at radius 2 is 2.00 bits per heavy atom. The van der Waals surface area contributed by atoms with Gasteiger partial charge in [0.15, 0.2) is 5.13 Å². The van der Waals surface area contributed by atoms with Crippen LogP contribution in [0, 0.1) is 0 Å².